The van der Waals surface area contributed by atoms with Gasteiger partial charge in [-0.1, -0.05) is 0 Å². The van der Waals surface area contributed by atoms with Gasteiger partial charge in [0.15, 0.2) is 5.75 Å². The highest BCUT2D eigenvalue weighted by Gasteiger charge is 2.50. The normalized spacial score (nSPS) is 23.4. The summed E-state index contributed by atoms with van der Waals surface area (Å²) in [5, 5.41) is 8.84. The minimum atomic E-state index is -1.69. The van der Waals surface area contributed by atoms with Crippen LogP contribution in [-0.2, 0) is 10.3 Å². The molecule has 2 unspecified atom stereocenters. The first-order valence-electron chi connectivity index (χ1n) is 10.1. The molecule has 0 radical (unpaired) electrons. The second kappa shape index (κ2) is 7.45. The molecule has 2 aromatic rings. The van der Waals surface area contributed by atoms with E-state index in [1.165, 1.54) is 10.6 Å². The lowest BCUT2D eigenvalue weighted by Gasteiger charge is -2.29. The number of carbonyl (C=O) groups is 1. The first-order valence-corrected chi connectivity index (χ1v) is 10.1. The first-order chi connectivity index (χ1) is 14.6. The lowest BCUT2D eigenvalue weighted by molar-refractivity contribution is 0.0126. The fourth-order valence-corrected chi connectivity index (χ4v) is 4.63. The third-order valence-corrected chi connectivity index (χ3v) is 6.40. The molecule has 3 N–H and O–H groups in total. The summed E-state index contributed by atoms with van der Waals surface area (Å²) < 4.78 is 40.9. The van der Waals surface area contributed by atoms with Gasteiger partial charge >= 0.3 is 6.16 Å². The highest BCUT2D eigenvalue weighted by atomic mass is 19.1. The van der Waals surface area contributed by atoms with E-state index in [2.05, 4.69) is 4.74 Å². The molecule has 31 heavy (non-hydrogen) atoms. The molecule has 0 saturated carbocycles. The Morgan fingerprint density at radius 3 is 2.81 bits per heavy atom. The number of halogens is 2. The van der Waals surface area contributed by atoms with E-state index in [9.17, 15) is 14.0 Å². The van der Waals surface area contributed by atoms with Gasteiger partial charge in [0.05, 0.1) is 28.3 Å². The zero-order valence-corrected chi connectivity index (χ0v) is 17.4. The van der Waals surface area contributed by atoms with Crippen molar-refractivity contribution in [2.75, 3.05) is 37.8 Å². The minimum Gasteiger partial charge on any atom is -0.449 e. The van der Waals surface area contributed by atoms with Crippen molar-refractivity contribution in [3.8, 4) is 5.75 Å². The fourth-order valence-electron chi connectivity index (χ4n) is 4.63. The minimum absolute atomic E-state index is 0.0919. The van der Waals surface area contributed by atoms with Gasteiger partial charge in [-0.2, -0.15) is 0 Å². The number of hydrogen-bond donors (Lipinski definition) is 2. The van der Waals surface area contributed by atoms with E-state index >= 15 is 4.39 Å². The molecule has 2 aliphatic heterocycles. The van der Waals surface area contributed by atoms with E-state index in [4.69, 9.17) is 15.6 Å². The standard InChI is InChI=1S/C21H25F2N3O5/c1-20(2,9-22)26-8-17(31-19(28)29)18(27)13-5-14(23)16(6-15(13)26)25-7-12-3-4-30-21(12,10-24)11-25/h5-6,8,12H,3-4,7,9-11,24H2,1-2H3,(H,28,29). The molecule has 8 nitrogen and oxygen atoms in total. The third-order valence-electron chi connectivity index (χ3n) is 6.40. The molecule has 0 aliphatic carbocycles. The van der Waals surface area contributed by atoms with Crippen LogP contribution in [0.4, 0.5) is 19.3 Å². The number of nitrogens with two attached hydrogens (primary N) is 1. The van der Waals surface area contributed by atoms with Crippen LogP contribution in [0.25, 0.3) is 10.9 Å². The van der Waals surface area contributed by atoms with Crippen LogP contribution >= 0.6 is 0 Å². The molecule has 168 valence electrons. The molecule has 0 bridgehead atoms. The Bertz CT molecular complexity index is 1100. The van der Waals surface area contributed by atoms with E-state index < -0.39 is 41.0 Å². The third kappa shape index (κ3) is 3.43. The van der Waals surface area contributed by atoms with Crippen LogP contribution in [0.1, 0.15) is 20.3 Å². The molecule has 1 aromatic heterocycles. The number of anilines is 1. The number of benzene rings is 1. The smallest absolute Gasteiger partial charge is 0.449 e. The van der Waals surface area contributed by atoms with Crippen LogP contribution < -0.4 is 20.8 Å². The van der Waals surface area contributed by atoms with E-state index in [0.29, 0.717) is 26.2 Å². The Morgan fingerprint density at radius 2 is 2.19 bits per heavy atom. The molecule has 10 heteroatoms. The lowest BCUT2D eigenvalue weighted by Crippen LogP contribution is -2.44. The molecule has 1 aromatic carbocycles. The molecule has 0 spiro atoms. The Hall–Kier alpha value is -2.72. The monoisotopic (exact) mass is 437 g/mol. The number of aromatic nitrogens is 1. The second-order valence-corrected chi connectivity index (χ2v) is 8.81. The summed E-state index contributed by atoms with van der Waals surface area (Å²) in [6.45, 7) is 4.26. The van der Waals surface area contributed by atoms with Crippen molar-refractivity contribution in [2.24, 2.45) is 11.7 Å². The van der Waals surface area contributed by atoms with Crippen molar-refractivity contribution in [3.05, 3.63) is 34.4 Å². The zero-order chi connectivity index (χ0) is 22.6. The van der Waals surface area contributed by atoms with Gasteiger partial charge in [0, 0.05) is 32.2 Å². The van der Waals surface area contributed by atoms with E-state index in [1.54, 1.807) is 13.8 Å². The van der Waals surface area contributed by atoms with Crippen molar-refractivity contribution < 1.29 is 28.2 Å². The maximum atomic E-state index is 15.2. The van der Waals surface area contributed by atoms with Gasteiger partial charge in [-0.25, -0.2) is 13.6 Å². The van der Waals surface area contributed by atoms with Crippen molar-refractivity contribution >= 4 is 22.7 Å². The summed E-state index contributed by atoms with van der Waals surface area (Å²) in [5.41, 5.74) is 4.05. The van der Waals surface area contributed by atoms with Gasteiger partial charge in [-0.15, -0.1) is 0 Å². The summed E-state index contributed by atoms with van der Waals surface area (Å²) >= 11 is 0. The molecular weight excluding hydrogens is 412 g/mol. The van der Waals surface area contributed by atoms with Gasteiger partial charge in [-0.05, 0) is 32.4 Å². The van der Waals surface area contributed by atoms with Crippen LogP contribution in [-0.4, -0.2) is 54.3 Å². The van der Waals surface area contributed by atoms with Crippen LogP contribution in [0.3, 0.4) is 0 Å². The quantitative estimate of drug-likeness (QED) is 0.692. The summed E-state index contributed by atoms with van der Waals surface area (Å²) in [7, 11) is 0. The SMILES string of the molecule is CC(C)(CF)n1cc(OC(=O)O)c(=O)c2cc(F)c(N3CC4CCOC4(CN)C3)cc21. The highest BCUT2D eigenvalue weighted by Crippen LogP contribution is 2.41. The van der Waals surface area contributed by atoms with Crippen LogP contribution in [0.2, 0.25) is 0 Å². The Balaban J connectivity index is 1.89. The van der Waals surface area contributed by atoms with Gasteiger partial charge in [-0.3, -0.25) is 4.79 Å². The summed E-state index contributed by atoms with van der Waals surface area (Å²) in [6.07, 6.45) is 0.301. The number of alkyl halides is 1. The lowest BCUT2D eigenvalue weighted by atomic mass is 9.91. The zero-order valence-electron chi connectivity index (χ0n) is 17.4. The molecule has 0 amide bonds. The number of carboxylic acid groups (broad SMARTS) is 1. The molecule has 3 heterocycles. The Labute approximate surface area is 177 Å². The van der Waals surface area contributed by atoms with E-state index in [1.807, 2.05) is 4.90 Å². The fraction of sp³-hybridized carbons (Fsp3) is 0.524. The number of pyridine rings is 1. The number of rotatable bonds is 5. The predicted molar refractivity (Wildman–Crippen MR) is 110 cm³/mol. The second-order valence-electron chi connectivity index (χ2n) is 8.81. The van der Waals surface area contributed by atoms with Crippen molar-refractivity contribution in [3.63, 3.8) is 0 Å². The average Bonchev–Trinajstić information content (AvgIpc) is 3.27. The predicted octanol–water partition coefficient (Wildman–Crippen LogP) is 2.46. The number of hydrogen-bond acceptors (Lipinski definition) is 6. The maximum Gasteiger partial charge on any atom is 0.511 e. The van der Waals surface area contributed by atoms with Gasteiger partial charge in [0.25, 0.3) is 0 Å². The highest BCUT2D eigenvalue weighted by molar-refractivity contribution is 5.85. The van der Waals surface area contributed by atoms with Gasteiger partial charge < -0.3 is 29.8 Å². The van der Waals surface area contributed by atoms with Gasteiger partial charge in [0.1, 0.15) is 18.1 Å². The number of nitrogens with zero attached hydrogens (tertiary/aromatic N) is 2. The van der Waals surface area contributed by atoms with Crippen molar-refractivity contribution in [1.82, 2.24) is 4.57 Å². The average molecular weight is 437 g/mol. The van der Waals surface area contributed by atoms with E-state index in [0.717, 1.165) is 18.7 Å². The van der Waals surface area contributed by atoms with E-state index in [-0.39, 0.29) is 22.5 Å². The summed E-state index contributed by atoms with van der Waals surface area (Å²) in [5.74, 6) is -0.989. The van der Waals surface area contributed by atoms with Crippen LogP contribution in [0.15, 0.2) is 23.1 Å². The molecule has 2 aliphatic rings. The van der Waals surface area contributed by atoms with Crippen LogP contribution in [0, 0.1) is 11.7 Å². The molecule has 4 rings (SSSR count). The molecule has 2 saturated heterocycles. The van der Waals surface area contributed by atoms with Gasteiger partial charge in [0.2, 0.25) is 5.43 Å². The number of ether oxygens (including phenoxy) is 2. The Morgan fingerprint density at radius 1 is 1.45 bits per heavy atom. The topological polar surface area (TPSA) is 107 Å². The maximum absolute atomic E-state index is 15.2. The first kappa shape index (κ1) is 21.5. The molecular formula is C21H25F2N3O5. The summed E-state index contributed by atoms with van der Waals surface area (Å²) in [4.78, 5) is 25.6. The van der Waals surface area contributed by atoms with Crippen molar-refractivity contribution in [1.29, 1.82) is 0 Å². The Kier molecular flexibility index (Phi) is 5.17. The molecule has 2 fully saturated rings. The van der Waals surface area contributed by atoms with Crippen molar-refractivity contribution in [2.45, 2.75) is 31.4 Å². The number of fused-ring (bicyclic) bond motifs is 2. The largest absolute Gasteiger partial charge is 0.511 e. The van der Waals surface area contributed by atoms with Crippen LogP contribution in [0.5, 0.6) is 5.75 Å². The summed E-state index contributed by atoms with van der Waals surface area (Å²) in [6, 6.07) is 2.55. The molecule has 2 atom stereocenters.